The van der Waals surface area contributed by atoms with E-state index in [0.717, 1.165) is 44.6 Å². The highest BCUT2D eigenvalue weighted by molar-refractivity contribution is 5.80. The standard InChI is InChI=1S/C19H26N6/c1-3-20-18(23-15-17-7-4-6-16(2)14-17)24-10-12-25(13-11-24)19-21-8-5-9-22-19/h4-9,14H,3,10-13,15H2,1-2H3,(H,20,23). The van der Waals surface area contributed by atoms with Crippen LogP contribution in [0, 0.1) is 6.92 Å². The number of benzene rings is 1. The van der Waals surface area contributed by atoms with Crippen molar-refractivity contribution in [3.05, 3.63) is 53.9 Å². The number of nitrogens with zero attached hydrogens (tertiary/aromatic N) is 5. The molecular formula is C19H26N6. The Morgan fingerprint density at radius 2 is 1.88 bits per heavy atom. The summed E-state index contributed by atoms with van der Waals surface area (Å²) < 4.78 is 0. The molecule has 1 aliphatic heterocycles. The molecule has 0 radical (unpaired) electrons. The predicted molar refractivity (Wildman–Crippen MR) is 102 cm³/mol. The molecule has 0 atom stereocenters. The Hall–Kier alpha value is -2.63. The number of aromatic nitrogens is 2. The van der Waals surface area contributed by atoms with E-state index in [-0.39, 0.29) is 0 Å². The molecule has 2 aromatic rings. The van der Waals surface area contributed by atoms with Crippen LogP contribution < -0.4 is 10.2 Å². The molecule has 6 nitrogen and oxygen atoms in total. The van der Waals surface area contributed by atoms with Gasteiger partial charge in [-0.1, -0.05) is 29.8 Å². The van der Waals surface area contributed by atoms with Crippen molar-refractivity contribution < 1.29 is 0 Å². The lowest BCUT2D eigenvalue weighted by Crippen LogP contribution is -2.52. The Morgan fingerprint density at radius 1 is 1.12 bits per heavy atom. The zero-order chi connectivity index (χ0) is 17.5. The molecule has 3 rings (SSSR count). The summed E-state index contributed by atoms with van der Waals surface area (Å²) in [6, 6.07) is 10.4. The molecule has 6 heteroatoms. The molecule has 0 spiro atoms. The van der Waals surface area contributed by atoms with E-state index >= 15 is 0 Å². The zero-order valence-corrected chi connectivity index (χ0v) is 15.0. The normalized spacial score (nSPS) is 15.4. The fourth-order valence-corrected chi connectivity index (χ4v) is 2.98. The SMILES string of the molecule is CCNC(=NCc1cccc(C)c1)N1CCN(c2ncccn2)CC1. The zero-order valence-electron chi connectivity index (χ0n) is 15.0. The Kier molecular flexibility index (Phi) is 5.82. The van der Waals surface area contributed by atoms with Gasteiger partial charge < -0.3 is 15.1 Å². The summed E-state index contributed by atoms with van der Waals surface area (Å²) in [7, 11) is 0. The number of nitrogens with one attached hydrogen (secondary N) is 1. The number of guanidine groups is 1. The third-order valence-corrected chi connectivity index (χ3v) is 4.24. The van der Waals surface area contributed by atoms with E-state index in [1.54, 1.807) is 12.4 Å². The first kappa shape index (κ1) is 17.2. The lowest BCUT2D eigenvalue weighted by atomic mass is 10.1. The minimum absolute atomic E-state index is 0.700. The highest BCUT2D eigenvalue weighted by Gasteiger charge is 2.20. The molecular weight excluding hydrogens is 312 g/mol. The molecule has 2 heterocycles. The molecule has 1 fully saturated rings. The number of hydrogen-bond donors (Lipinski definition) is 1. The number of piperazine rings is 1. The van der Waals surface area contributed by atoms with Crippen molar-refractivity contribution in [2.24, 2.45) is 4.99 Å². The van der Waals surface area contributed by atoms with Gasteiger partial charge in [-0.2, -0.15) is 0 Å². The summed E-state index contributed by atoms with van der Waals surface area (Å²) in [5.74, 6) is 1.79. The first-order valence-corrected chi connectivity index (χ1v) is 8.87. The van der Waals surface area contributed by atoms with Crippen molar-refractivity contribution in [3.8, 4) is 0 Å². The summed E-state index contributed by atoms with van der Waals surface area (Å²) in [5.41, 5.74) is 2.51. The first-order valence-electron chi connectivity index (χ1n) is 8.87. The van der Waals surface area contributed by atoms with Gasteiger partial charge in [0.05, 0.1) is 6.54 Å². The van der Waals surface area contributed by atoms with Gasteiger partial charge in [-0.3, -0.25) is 0 Å². The van der Waals surface area contributed by atoms with E-state index in [9.17, 15) is 0 Å². The Balaban J connectivity index is 1.62. The van der Waals surface area contributed by atoms with Crippen LogP contribution in [0.25, 0.3) is 0 Å². The maximum Gasteiger partial charge on any atom is 0.225 e. The van der Waals surface area contributed by atoms with Crippen LogP contribution in [0.2, 0.25) is 0 Å². The van der Waals surface area contributed by atoms with Gasteiger partial charge in [0.25, 0.3) is 0 Å². The smallest absolute Gasteiger partial charge is 0.225 e. The van der Waals surface area contributed by atoms with Crippen molar-refractivity contribution in [3.63, 3.8) is 0 Å². The maximum atomic E-state index is 4.83. The van der Waals surface area contributed by atoms with Crippen molar-refractivity contribution in [1.82, 2.24) is 20.2 Å². The van der Waals surface area contributed by atoms with Gasteiger partial charge in [0.15, 0.2) is 5.96 Å². The van der Waals surface area contributed by atoms with E-state index in [1.165, 1.54) is 11.1 Å². The summed E-state index contributed by atoms with van der Waals surface area (Å²) in [6.45, 7) is 9.42. The van der Waals surface area contributed by atoms with Crippen molar-refractivity contribution in [1.29, 1.82) is 0 Å². The third-order valence-electron chi connectivity index (χ3n) is 4.24. The number of hydrogen-bond acceptors (Lipinski definition) is 4. The van der Waals surface area contributed by atoms with Gasteiger partial charge in [0.1, 0.15) is 0 Å². The third kappa shape index (κ3) is 4.68. The van der Waals surface area contributed by atoms with Gasteiger partial charge in [0, 0.05) is 45.1 Å². The van der Waals surface area contributed by atoms with E-state index in [2.05, 4.69) is 63.2 Å². The van der Waals surface area contributed by atoms with Gasteiger partial charge in [-0.05, 0) is 25.5 Å². The molecule has 0 saturated carbocycles. The Labute approximate surface area is 149 Å². The van der Waals surface area contributed by atoms with Crippen LogP contribution in [0.3, 0.4) is 0 Å². The first-order chi connectivity index (χ1) is 12.3. The molecule has 0 unspecified atom stereocenters. The van der Waals surface area contributed by atoms with E-state index < -0.39 is 0 Å². The quantitative estimate of drug-likeness (QED) is 0.683. The number of aryl methyl sites for hydroxylation is 1. The van der Waals surface area contributed by atoms with Crippen LogP contribution in [0.4, 0.5) is 5.95 Å². The molecule has 1 aliphatic rings. The van der Waals surface area contributed by atoms with Crippen molar-refractivity contribution >= 4 is 11.9 Å². The lowest BCUT2D eigenvalue weighted by molar-refractivity contribution is 0.370. The second-order valence-electron chi connectivity index (χ2n) is 6.18. The Morgan fingerprint density at radius 3 is 2.56 bits per heavy atom. The van der Waals surface area contributed by atoms with Gasteiger partial charge in [-0.15, -0.1) is 0 Å². The molecule has 0 bridgehead atoms. The van der Waals surface area contributed by atoms with E-state index in [1.807, 2.05) is 6.07 Å². The average Bonchev–Trinajstić information content (AvgIpc) is 2.66. The second-order valence-corrected chi connectivity index (χ2v) is 6.18. The number of anilines is 1. The molecule has 1 N–H and O–H groups in total. The minimum atomic E-state index is 0.700. The minimum Gasteiger partial charge on any atom is -0.357 e. The van der Waals surface area contributed by atoms with Crippen molar-refractivity contribution in [2.45, 2.75) is 20.4 Å². The van der Waals surface area contributed by atoms with E-state index in [0.29, 0.717) is 6.54 Å². The van der Waals surface area contributed by atoms with Crippen LogP contribution in [-0.4, -0.2) is 53.6 Å². The average molecular weight is 338 g/mol. The fraction of sp³-hybridized carbons (Fsp3) is 0.421. The van der Waals surface area contributed by atoms with Gasteiger partial charge >= 0.3 is 0 Å². The van der Waals surface area contributed by atoms with Crippen LogP contribution in [0.5, 0.6) is 0 Å². The number of aliphatic imine (C=N–C) groups is 1. The summed E-state index contributed by atoms with van der Waals surface area (Å²) in [6.07, 6.45) is 3.59. The van der Waals surface area contributed by atoms with E-state index in [4.69, 9.17) is 4.99 Å². The monoisotopic (exact) mass is 338 g/mol. The molecule has 0 amide bonds. The summed E-state index contributed by atoms with van der Waals surface area (Å²) in [5, 5.41) is 3.42. The second kappa shape index (κ2) is 8.46. The van der Waals surface area contributed by atoms with Crippen molar-refractivity contribution in [2.75, 3.05) is 37.6 Å². The van der Waals surface area contributed by atoms with Crippen LogP contribution in [-0.2, 0) is 6.54 Å². The van der Waals surface area contributed by atoms with Crippen LogP contribution in [0.15, 0.2) is 47.7 Å². The molecule has 25 heavy (non-hydrogen) atoms. The Bertz CT molecular complexity index is 692. The lowest BCUT2D eigenvalue weighted by Gasteiger charge is -2.36. The summed E-state index contributed by atoms with van der Waals surface area (Å²) in [4.78, 5) is 18.1. The number of rotatable bonds is 4. The van der Waals surface area contributed by atoms with Gasteiger partial charge in [0.2, 0.25) is 5.95 Å². The molecule has 1 aromatic heterocycles. The topological polar surface area (TPSA) is 56.7 Å². The largest absolute Gasteiger partial charge is 0.357 e. The fourth-order valence-electron chi connectivity index (χ4n) is 2.98. The summed E-state index contributed by atoms with van der Waals surface area (Å²) >= 11 is 0. The molecule has 132 valence electrons. The van der Waals surface area contributed by atoms with Crippen LogP contribution >= 0.6 is 0 Å². The maximum absolute atomic E-state index is 4.83. The molecule has 1 saturated heterocycles. The van der Waals surface area contributed by atoms with Gasteiger partial charge in [-0.25, -0.2) is 15.0 Å². The highest BCUT2D eigenvalue weighted by atomic mass is 15.4. The van der Waals surface area contributed by atoms with Crippen LogP contribution in [0.1, 0.15) is 18.1 Å². The molecule has 0 aliphatic carbocycles. The molecule has 1 aromatic carbocycles. The predicted octanol–water partition coefficient (Wildman–Crippen LogP) is 2.07. The highest BCUT2D eigenvalue weighted by Crippen LogP contribution is 2.11.